The maximum absolute atomic E-state index is 14.8. The Kier molecular flexibility index (Phi) is 17.4. The third-order valence-corrected chi connectivity index (χ3v) is 21.6. The molecular weight excluding hydrogens is 1040 g/mol. The van der Waals surface area contributed by atoms with Gasteiger partial charge in [0.1, 0.15) is 91.6 Å². The summed E-state index contributed by atoms with van der Waals surface area (Å²) in [7, 11) is 1.06. The average molecular weight is 1130 g/mol. The number of methoxy groups -OCH3 is 1. The number of carbonyl (C=O) groups excluding carboxylic acids is 2. The van der Waals surface area contributed by atoms with E-state index in [1.165, 1.54) is 5.57 Å². The number of ether oxygens (including phenoxy) is 9. The molecule has 4 saturated carbocycles. The molecule has 0 aromatic heterocycles. The normalized spacial score (nSPS) is 52.3. The van der Waals surface area contributed by atoms with Gasteiger partial charge in [0.25, 0.3) is 0 Å². The zero-order valence-electron chi connectivity index (χ0n) is 46.4. The van der Waals surface area contributed by atoms with Gasteiger partial charge >= 0.3 is 11.9 Å². The van der Waals surface area contributed by atoms with Crippen LogP contribution in [0.2, 0.25) is 0 Å². The van der Waals surface area contributed by atoms with Gasteiger partial charge in [-0.25, -0.2) is 4.79 Å². The molecule has 452 valence electrons. The first-order chi connectivity index (χ1) is 37.0. The Morgan fingerprint density at radius 2 is 1.08 bits per heavy atom. The lowest BCUT2D eigenvalue weighted by molar-refractivity contribution is -0.396. The van der Waals surface area contributed by atoms with Crippen molar-refractivity contribution in [2.75, 3.05) is 26.9 Å². The fourth-order valence-electron chi connectivity index (χ4n) is 16.6. The molecule has 4 aliphatic heterocycles. The molecule has 0 radical (unpaired) electrons. The highest BCUT2D eigenvalue weighted by atomic mass is 16.8. The summed E-state index contributed by atoms with van der Waals surface area (Å²) in [5.41, 5.74) is -1.48. The second-order valence-electron chi connectivity index (χ2n) is 26.5. The summed E-state index contributed by atoms with van der Waals surface area (Å²) in [6, 6.07) is 0. The summed E-state index contributed by atoms with van der Waals surface area (Å²) in [4.78, 5) is 28.3. The van der Waals surface area contributed by atoms with E-state index in [1.54, 1.807) is 0 Å². The van der Waals surface area contributed by atoms with Crippen molar-refractivity contribution >= 4 is 11.9 Å². The largest absolute Gasteiger partial charge is 0.467 e. The van der Waals surface area contributed by atoms with E-state index in [0.29, 0.717) is 44.9 Å². The fraction of sp³-hybridized carbons (Fsp3) is 0.927. The van der Waals surface area contributed by atoms with E-state index in [2.05, 4.69) is 54.5 Å². The summed E-state index contributed by atoms with van der Waals surface area (Å²) < 4.78 is 53.9. The Morgan fingerprint density at radius 3 is 1.62 bits per heavy atom. The Morgan fingerprint density at radius 1 is 0.557 bits per heavy atom. The lowest BCUT2D eigenvalue weighted by Gasteiger charge is -2.71. The van der Waals surface area contributed by atoms with Crippen LogP contribution in [0, 0.1) is 50.2 Å². The summed E-state index contributed by atoms with van der Waals surface area (Å²) in [6.45, 7) is 13.4. The van der Waals surface area contributed by atoms with E-state index < -0.39 is 172 Å². The lowest BCUT2D eigenvalue weighted by Crippen LogP contribution is -2.69. The van der Waals surface area contributed by atoms with Crippen molar-refractivity contribution in [3.8, 4) is 0 Å². The number of aliphatic hydroxyl groups is 13. The zero-order chi connectivity index (χ0) is 57.9. The molecule has 9 rings (SSSR count). The van der Waals surface area contributed by atoms with Crippen LogP contribution in [-0.4, -0.2) is 234 Å². The lowest BCUT2D eigenvalue weighted by atomic mass is 9.33. The minimum absolute atomic E-state index is 0.00301. The van der Waals surface area contributed by atoms with Gasteiger partial charge in [-0.2, -0.15) is 0 Å². The molecule has 0 spiro atoms. The highest BCUT2D eigenvalue weighted by Crippen LogP contribution is 2.76. The van der Waals surface area contributed by atoms with Gasteiger partial charge in [0.2, 0.25) is 6.29 Å². The molecule has 24 heteroatoms. The van der Waals surface area contributed by atoms with Crippen LogP contribution in [0.25, 0.3) is 0 Å². The molecule has 0 unspecified atom stereocenters. The fourth-order valence-corrected chi connectivity index (χ4v) is 16.6. The molecule has 4 heterocycles. The van der Waals surface area contributed by atoms with Crippen molar-refractivity contribution in [1.82, 2.24) is 0 Å². The van der Waals surface area contributed by atoms with Gasteiger partial charge in [0, 0.05) is 0 Å². The van der Waals surface area contributed by atoms with Crippen LogP contribution in [0.5, 0.6) is 0 Å². The van der Waals surface area contributed by atoms with Crippen LogP contribution in [0.4, 0.5) is 0 Å². The van der Waals surface area contributed by atoms with Gasteiger partial charge in [0.05, 0.1) is 38.4 Å². The minimum Gasteiger partial charge on any atom is -0.467 e. The molecule has 8 fully saturated rings. The van der Waals surface area contributed by atoms with Crippen LogP contribution >= 0.6 is 0 Å². The summed E-state index contributed by atoms with van der Waals surface area (Å²) in [5, 5.41) is 139. The Bertz CT molecular complexity index is 2210. The van der Waals surface area contributed by atoms with E-state index in [4.69, 9.17) is 42.6 Å². The first-order valence-electron chi connectivity index (χ1n) is 28.2. The number of esters is 2. The summed E-state index contributed by atoms with van der Waals surface area (Å²) in [6.07, 6.45) is -27.0. The Balaban J connectivity index is 1.01. The third kappa shape index (κ3) is 10.1. The standard InChI is InChI=1S/C55H88O24/c1-50(2)15-17-55(49(70)79-47-39(67)36(64)33(61)27(22-58)74-47)18-16-53(6)23(24(55)19-50)9-10-29-52(5)13-12-30(51(3,4)28(52)11-14-54(29,53)7)75-48-43(78-46-38(66)35(63)32(60)26(21-57)73-46)41(40(68)42(77-48)44(69)71-8)76-45-37(65)34(62)31(59)25(20-56)72-45/h9,24-43,45-48,56-68H,10-22H2,1-8H3/t24-,25+,26+,27+,28-,29+,30-,31+,32-,33-,34-,35-,36-,37+,38+,39+,40-,41-,42-,43+,45-,46-,47-,48-,52-,53+,54+,55-/m0/s1. The molecule has 13 N–H and O–H groups in total. The van der Waals surface area contributed by atoms with Gasteiger partial charge in [0.15, 0.2) is 25.0 Å². The topological polar surface area (TPSA) is 380 Å². The molecule has 79 heavy (non-hydrogen) atoms. The number of allylic oxidation sites excluding steroid dienone is 2. The summed E-state index contributed by atoms with van der Waals surface area (Å²) >= 11 is 0. The molecule has 0 amide bonds. The number of carbonyl (C=O) groups is 2. The second-order valence-corrected chi connectivity index (χ2v) is 26.5. The molecule has 5 aliphatic carbocycles. The third-order valence-electron chi connectivity index (χ3n) is 21.6. The number of fused-ring (bicyclic) bond motifs is 7. The molecule has 24 nitrogen and oxygen atoms in total. The van der Waals surface area contributed by atoms with Crippen molar-refractivity contribution in [3.63, 3.8) is 0 Å². The number of aliphatic hydroxyl groups excluding tert-OH is 13. The molecule has 28 atom stereocenters. The van der Waals surface area contributed by atoms with Crippen molar-refractivity contribution in [2.24, 2.45) is 50.2 Å². The van der Waals surface area contributed by atoms with Crippen molar-refractivity contribution < 1.29 is 119 Å². The zero-order valence-corrected chi connectivity index (χ0v) is 46.4. The van der Waals surface area contributed by atoms with Crippen molar-refractivity contribution in [2.45, 2.75) is 242 Å². The van der Waals surface area contributed by atoms with E-state index in [-0.39, 0.29) is 39.4 Å². The average Bonchev–Trinajstić information content (AvgIpc) is 2.74. The van der Waals surface area contributed by atoms with Gasteiger partial charge < -0.3 is 109 Å². The van der Waals surface area contributed by atoms with Gasteiger partial charge in [-0.1, -0.05) is 60.1 Å². The van der Waals surface area contributed by atoms with E-state index in [0.717, 1.165) is 26.4 Å². The van der Waals surface area contributed by atoms with Crippen LogP contribution in [0.15, 0.2) is 11.6 Å². The molecule has 0 aromatic carbocycles. The molecule has 0 bridgehead atoms. The molecule has 4 saturated heterocycles. The summed E-state index contributed by atoms with van der Waals surface area (Å²) in [5.74, 6) is -1.69. The predicted octanol–water partition coefficient (Wildman–Crippen LogP) is -1.85. The maximum Gasteiger partial charge on any atom is 0.337 e. The minimum atomic E-state index is -2.03. The van der Waals surface area contributed by atoms with Crippen LogP contribution in [-0.2, 0) is 52.2 Å². The number of hydrogen-bond acceptors (Lipinski definition) is 24. The Hall–Kier alpha value is -2.12. The maximum atomic E-state index is 14.8. The molecular formula is C55H88O24. The van der Waals surface area contributed by atoms with E-state index >= 15 is 0 Å². The van der Waals surface area contributed by atoms with E-state index in [1.807, 2.05) is 0 Å². The number of rotatable bonds is 12. The molecule has 9 aliphatic rings. The predicted molar refractivity (Wildman–Crippen MR) is 268 cm³/mol. The monoisotopic (exact) mass is 1130 g/mol. The quantitative estimate of drug-likeness (QED) is 0.0579. The first-order valence-corrected chi connectivity index (χ1v) is 28.2. The van der Waals surface area contributed by atoms with E-state index in [9.17, 15) is 76.0 Å². The van der Waals surface area contributed by atoms with Gasteiger partial charge in [-0.05, 0) is 109 Å². The highest BCUT2D eigenvalue weighted by Gasteiger charge is 2.70. The molecule has 0 aromatic rings. The van der Waals surface area contributed by atoms with Crippen LogP contribution in [0.3, 0.4) is 0 Å². The Labute approximate surface area is 459 Å². The SMILES string of the molecule is COC(=O)[C@H]1O[C@H](O[C@H]2CC[C@]3(C)[C@H]4CC=C5[C@@H]6CC(C)(C)CC[C@]6(C(=O)O[C@@H]6O[C@H](CO)[C@H](O)[C@H](O)[C@H]6O)CC[C@@]5(C)[C@]4(C)CC[C@H]3C2(C)C)[C@H](O[C@@H]2O[C@H](CO)[C@H](O)[C@H](O)[C@H]2O)[C@@H](O[C@@H]2O[C@H](CO)[C@@H](O)[C@H](O)[C@H]2O)[C@@H]1O. The van der Waals surface area contributed by atoms with Gasteiger partial charge in [-0.15, -0.1) is 0 Å². The number of hydrogen-bond donors (Lipinski definition) is 13. The first kappa shape index (κ1) is 61.4. The highest BCUT2D eigenvalue weighted by molar-refractivity contribution is 5.79. The van der Waals surface area contributed by atoms with Gasteiger partial charge in [-0.3, -0.25) is 4.79 Å². The van der Waals surface area contributed by atoms with Crippen molar-refractivity contribution in [1.29, 1.82) is 0 Å². The van der Waals surface area contributed by atoms with Crippen LogP contribution < -0.4 is 0 Å². The smallest absolute Gasteiger partial charge is 0.337 e. The second kappa shape index (κ2) is 22.4. The van der Waals surface area contributed by atoms with Crippen LogP contribution in [0.1, 0.15) is 113 Å². The van der Waals surface area contributed by atoms with Crippen molar-refractivity contribution in [3.05, 3.63) is 11.6 Å².